The topological polar surface area (TPSA) is 26.3 Å². The number of ether oxygens (including phenoxy) is 1. The zero-order chi connectivity index (χ0) is 22.5. The zero-order valence-electron chi connectivity index (χ0n) is 15.8. The molecule has 2 nitrogen and oxygen atoms in total. The molecule has 0 bridgehead atoms. The Morgan fingerprint density at radius 3 is 1.87 bits per heavy atom. The second-order valence-electron chi connectivity index (χ2n) is 6.11. The van der Waals surface area contributed by atoms with Gasteiger partial charge in [-0.1, -0.05) is 17.8 Å². The molecule has 0 spiro atoms. The van der Waals surface area contributed by atoms with Gasteiger partial charge in [0.15, 0.2) is 17.5 Å². The summed E-state index contributed by atoms with van der Waals surface area (Å²) in [4.78, 5) is 12.1. The summed E-state index contributed by atoms with van der Waals surface area (Å²) in [7, 11) is 0. The van der Waals surface area contributed by atoms with E-state index >= 15 is 0 Å². The second kappa shape index (κ2) is 9.15. The fourth-order valence-electron chi connectivity index (χ4n) is 2.49. The van der Waals surface area contributed by atoms with E-state index in [2.05, 4.69) is 23.7 Å². The molecule has 0 N–H and O–H groups in total. The highest BCUT2D eigenvalue weighted by molar-refractivity contribution is 5.91. The van der Waals surface area contributed by atoms with Gasteiger partial charge in [0.25, 0.3) is 0 Å². The summed E-state index contributed by atoms with van der Waals surface area (Å²) in [5, 5.41) is 0. The fraction of sp³-hybridized carbons (Fsp3) is 0.0417. The number of carbonyl (C=O) groups excluding carboxylic acids is 1. The first kappa shape index (κ1) is 21.6. The van der Waals surface area contributed by atoms with E-state index in [-0.39, 0.29) is 11.1 Å². The molecule has 0 unspecified atom stereocenters. The van der Waals surface area contributed by atoms with Crippen molar-refractivity contribution in [3.05, 3.63) is 99.9 Å². The molecule has 0 heterocycles. The van der Waals surface area contributed by atoms with E-state index in [0.717, 1.165) is 12.1 Å². The molecule has 7 heteroatoms. The largest absolute Gasteiger partial charge is 0.423 e. The van der Waals surface area contributed by atoms with Gasteiger partial charge in [0, 0.05) is 23.3 Å². The molecule has 31 heavy (non-hydrogen) atoms. The van der Waals surface area contributed by atoms with Crippen molar-refractivity contribution >= 4 is 5.97 Å². The van der Waals surface area contributed by atoms with Crippen LogP contribution in [0.5, 0.6) is 5.75 Å². The molecule has 3 aromatic rings. The monoisotopic (exact) mass is 426 g/mol. The molecule has 154 valence electrons. The highest BCUT2D eigenvalue weighted by Gasteiger charge is 2.15. The lowest BCUT2D eigenvalue weighted by Gasteiger charge is -2.05. The average molecular weight is 426 g/mol. The molecular weight excluding hydrogens is 415 g/mol. The molecule has 0 amide bonds. The third kappa shape index (κ3) is 5.09. The molecular formula is C24H11F5O2. The summed E-state index contributed by atoms with van der Waals surface area (Å²) < 4.78 is 72.3. The van der Waals surface area contributed by atoms with E-state index < -0.39 is 46.4 Å². The van der Waals surface area contributed by atoms with Crippen LogP contribution in [0.3, 0.4) is 0 Å². The van der Waals surface area contributed by atoms with Crippen LogP contribution in [-0.4, -0.2) is 5.97 Å². The van der Waals surface area contributed by atoms with Crippen molar-refractivity contribution in [1.82, 2.24) is 0 Å². The van der Waals surface area contributed by atoms with E-state index in [4.69, 9.17) is 4.74 Å². The van der Waals surface area contributed by atoms with Gasteiger partial charge in [0.2, 0.25) is 0 Å². The molecule has 0 saturated heterocycles. The quantitative estimate of drug-likeness (QED) is 0.181. The zero-order valence-corrected chi connectivity index (χ0v) is 15.8. The van der Waals surface area contributed by atoms with Crippen LogP contribution in [0.15, 0.2) is 48.5 Å². The lowest BCUT2D eigenvalue weighted by atomic mass is 10.1. The van der Waals surface area contributed by atoms with E-state index in [9.17, 15) is 26.7 Å². The van der Waals surface area contributed by atoms with Gasteiger partial charge >= 0.3 is 5.97 Å². The number of esters is 1. The minimum atomic E-state index is -1.68. The van der Waals surface area contributed by atoms with E-state index in [1.54, 1.807) is 6.92 Å². The molecule has 0 fully saturated rings. The van der Waals surface area contributed by atoms with Gasteiger partial charge in [0.05, 0.1) is 11.1 Å². The number of hydrogen-bond donors (Lipinski definition) is 0. The Morgan fingerprint density at radius 1 is 0.742 bits per heavy atom. The van der Waals surface area contributed by atoms with Crippen molar-refractivity contribution in [3.8, 4) is 29.4 Å². The van der Waals surface area contributed by atoms with Crippen LogP contribution in [0.2, 0.25) is 0 Å². The number of hydrogen-bond acceptors (Lipinski definition) is 2. The minimum absolute atomic E-state index is 0.00976. The normalized spacial score (nSPS) is 9.87. The van der Waals surface area contributed by atoms with Gasteiger partial charge in [-0.25, -0.2) is 26.7 Å². The van der Waals surface area contributed by atoms with E-state index in [1.165, 1.54) is 24.3 Å². The predicted molar refractivity (Wildman–Crippen MR) is 103 cm³/mol. The summed E-state index contributed by atoms with van der Waals surface area (Å²) in [5.74, 6) is 2.21. The van der Waals surface area contributed by atoms with Gasteiger partial charge in [-0.15, -0.1) is 5.92 Å². The highest BCUT2D eigenvalue weighted by atomic mass is 19.2. The maximum atomic E-state index is 14.0. The van der Waals surface area contributed by atoms with Crippen LogP contribution < -0.4 is 4.74 Å². The van der Waals surface area contributed by atoms with Crippen LogP contribution in [-0.2, 0) is 0 Å². The minimum Gasteiger partial charge on any atom is -0.423 e. The van der Waals surface area contributed by atoms with Crippen molar-refractivity contribution in [1.29, 1.82) is 0 Å². The lowest BCUT2D eigenvalue weighted by Crippen LogP contribution is -2.09. The molecule has 0 aliphatic heterocycles. The Balaban J connectivity index is 1.77. The van der Waals surface area contributed by atoms with Crippen LogP contribution in [0.25, 0.3) is 0 Å². The second-order valence-corrected chi connectivity index (χ2v) is 6.11. The molecule has 0 radical (unpaired) electrons. The first-order chi connectivity index (χ1) is 14.8. The molecule has 0 atom stereocenters. The maximum Gasteiger partial charge on any atom is 0.343 e. The summed E-state index contributed by atoms with van der Waals surface area (Å²) in [5.41, 5.74) is 0.111. The van der Waals surface area contributed by atoms with Crippen molar-refractivity contribution in [2.24, 2.45) is 0 Å². The highest BCUT2D eigenvalue weighted by Crippen LogP contribution is 2.20. The molecule has 0 aliphatic rings. The number of carbonyl (C=O) groups is 1. The van der Waals surface area contributed by atoms with Gasteiger partial charge in [-0.05, 0) is 43.3 Å². The van der Waals surface area contributed by atoms with Crippen molar-refractivity contribution in [2.75, 3.05) is 0 Å². The number of benzene rings is 3. The van der Waals surface area contributed by atoms with Crippen molar-refractivity contribution < 1.29 is 31.5 Å². The Labute approximate surface area is 174 Å². The first-order valence-electron chi connectivity index (χ1n) is 8.69. The van der Waals surface area contributed by atoms with Crippen LogP contribution in [0.4, 0.5) is 22.0 Å². The third-order valence-electron chi connectivity index (χ3n) is 3.93. The molecule has 0 aromatic heterocycles. The SMILES string of the molecule is CC#Cc1cc(F)c(C#Cc2ccc(C(=O)Oc3cc(F)c(F)c(F)c3)cc2)c(F)c1. The van der Waals surface area contributed by atoms with Crippen LogP contribution in [0.1, 0.15) is 34.0 Å². The summed E-state index contributed by atoms with van der Waals surface area (Å²) >= 11 is 0. The summed E-state index contributed by atoms with van der Waals surface area (Å²) in [6.45, 7) is 1.54. The standard InChI is InChI=1S/C24H11F5O2/c1-2-3-15-10-19(25)18(20(26)11-15)9-6-14-4-7-16(8-5-14)24(30)31-17-12-21(27)23(29)22(28)13-17/h4-5,7-8,10-13H,1H3. The lowest BCUT2D eigenvalue weighted by molar-refractivity contribution is 0.0733. The third-order valence-corrected chi connectivity index (χ3v) is 3.93. The molecule has 0 saturated carbocycles. The molecule has 3 aromatic carbocycles. The smallest absolute Gasteiger partial charge is 0.343 e. The average Bonchev–Trinajstić information content (AvgIpc) is 2.72. The Hall–Kier alpha value is -4.10. The van der Waals surface area contributed by atoms with E-state index in [0.29, 0.717) is 17.7 Å². The Kier molecular flexibility index (Phi) is 6.37. The molecule has 0 aliphatic carbocycles. The van der Waals surface area contributed by atoms with Crippen molar-refractivity contribution in [3.63, 3.8) is 0 Å². The summed E-state index contributed by atoms with van der Waals surface area (Å²) in [6.07, 6.45) is 0. The van der Waals surface area contributed by atoms with Crippen LogP contribution >= 0.6 is 0 Å². The first-order valence-corrected chi connectivity index (χ1v) is 8.69. The van der Waals surface area contributed by atoms with Gasteiger partial charge in [0.1, 0.15) is 17.4 Å². The maximum absolute atomic E-state index is 14.0. The summed E-state index contributed by atoms with van der Waals surface area (Å²) in [6, 6.07) is 8.61. The van der Waals surface area contributed by atoms with Gasteiger partial charge in [-0.2, -0.15) is 0 Å². The van der Waals surface area contributed by atoms with Gasteiger partial charge < -0.3 is 4.74 Å². The van der Waals surface area contributed by atoms with Crippen LogP contribution in [0, 0.1) is 52.8 Å². The number of halogens is 5. The molecule has 3 rings (SSSR count). The number of rotatable bonds is 2. The Morgan fingerprint density at radius 2 is 1.32 bits per heavy atom. The van der Waals surface area contributed by atoms with E-state index in [1.807, 2.05) is 0 Å². The predicted octanol–water partition coefficient (Wildman–Crippen LogP) is 5.37. The van der Waals surface area contributed by atoms with Gasteiger partial charge in [-0.3, -0.25) is 0 Å². The fourth-order valence-corrected chi connectivity index (χ4v) is 2.49. The van der Waals surface area contributed by atoms with Crippen molar-refractivity contribution in [2.45, 2.75) is 6.92 Å². The Bertz CT molecular complexity index is 1240.